The molecule has 2 bridgehead atoms. The van der Waals surface area contributed by atoms with Gasteiger partial charge in [0.05, 0.1) is 17.8 Å². The molecule has 4 atom stereocenters. The van der Waals surface area contributed by atoms with E-state index < -0.39 is 11.9 Å². The monoisotopic (exact) mass is 381 g/mol. The quantitative estimate of drug-likeness (QED) is 0.832. The maximum absolute atomic E-state index is 14.7. The second kappa shape index (κ2) is 7.36. The van der Waals surface area contributed by atoms with Crippen LogP contribution in [0, 0.1) is 30.0 Å². The van der Waals surface area contributed by atoms with Crippen LogP contribution in [0.3, 0.4) is 0 Å². The Balaban J connectivity index is 1.44. The lowest BCUT2D eigenvalue weighted by molar-refractivity contribution is -0.124. The van der Waals surface area contributed by atoms with E-state index in [0.29, 0.717) is 28.9 Å². The van der Waals surface area contributed by atoms with Gasteiger partial charge in [0.2, 0.25) is 5.91 Å². The van der Waals surface area contributed by atoms with Crippen LogP contribution in [0.15, 0.2) is 24.4 Å². The summed E-state index contributed by atoms with van der Waals surface area (Å²) < 4.78 is 16.5. The van der Waals surface area contributed by atoms with Crippen LogP contribution in [0.25, 0.3) is 11.4 Å². The summed E-state index contributed by atoms with van der Waals surface area (Å²) in [7, 11) is 1.87. The molecule has 0 radical (unpaired) electrons. The molecular weight excluding hydrogens is 357 g/mol. The number of nitrogens with zero attached hydrogens (tertiary/aromatic N) is 3. The zero-order chi connectivity index (χ0) is 19.8. The number of rotatable bonds is 5. The van der Waals surface area contributed by atoms with Gasteiger partial charge in [-0.1, -0.05) is 12.1 Å². The fourth-order valence-electron chi connectivity index (χ4n) is 4.50. The van der Waals surface area contributed by atoms with Crippen LogP contribution in [0.2, 0.25) is 0 Å². The maximum atomic E-state index is 14.7. The average molecular weight is 381 g/mol. The number of hydrogen-bond acceptors (Lipinski definition) is 4. The number of benzene rings is 1. The Hall–Kier alpha value is -2.72. The summed E-state index contributed by atoms with van der Waals surface area (Å²) in [6, 6.07) is 6.42. The first kappa shape index (κ1) is 18.6. The predicted molar refractivity (Wildman–Crippen MR) is 103 cm³/mol. The smallest absolute Gasteiger partial charge is 0.238 e. The summed E-state index contributed by atoms with van der Waals surface area (Å²) in [5.41, 5.74) is 1.95. The first-order valence-corrected chi connectivity index (χ1v) is 9.69. The number of halogens is 1. The molecule has 2 fully saturated rings. The highest BCUT2D eigenvalue weighted by atomic mass is 19.1. The number of piperidine rings is 1. The maximum Gasteiger partial charge on any atom is 0.238 e. The number of amides is 1. The van der Waals surface area contributed by atoms with Crippen molar-refractivity contribution >= 4 is 5.91 Å². The molecule has 2 aliphatic rings. The molecule has 1 aliphatic carbocycles. The van der Waals surface area contributed by atoms with Gasteiger partial charge in [-0.2, -0.15) is 5.26 Å². The van der Waals surface area contributed by atoms with E-state index in [4.69, 9.17) is 0 Å². The molecule has 7 heteroatoms. The third kappa shape index (κ3) is 3.52. The van der Waals surface area contributed by atoms with Gasteiger partial charge in [-0.15, -0.1) is 0 Å². The normalized spacial score (nSPS) is 24.1. The fraction of sp³-hybridized carbons (Fsp3) is 0.476. The zero-order valence-corrected chi connectivity index (χ0v) is 16.1. The number of aromatic nitrogens is 2. The number of aryl methyl sites for hydroxylation is 2. The Morgan fingerprint density at radius 1 is 1.50 bits per heavy atom. The molecule has 1 saturated heterocycles. The van der Waals surface area contributed by atoms with Gasteiger partial charge in [-0.05, 0) is 43.7 Å². The Morgan fingerprint density at radius 3 is 2.89 bits per heavy atom. The van der Waals surface area contributed by atoms with Crippen LogP contribution >= 0.6 is 0 Å². The summed E-state index contributed by atoms with van der Waals surface area (Å²) in [6.07, 6.45) is 5.21. The first-order chi connectivity index (χ1) is 13.4. The van der Waals surface area contributed by atoms with E-state index in [9.17, 15) is 14.4 Å². The van der Waals surface area contributed by atoms with Gasteiger partial charge in [-0.25, -0.2) is 9.37 Å². The van der Waals surface area contributed by atoms with E-state index >= 15 is 0 Å². The van der Waals surface area contributed by atoms with Crippen molar-refractivity contribution in [1.29, 1.82) is 5.26 Å². The van der Waals surface area contributed by atoms with Crippen molar-refractivity contribution in [1.82, 2.24) is 20.2 Å². The lowest BCUT2D eigenvalue weighted by atomic mass is 9.98. The Bertz CT molecular complexity index is 947. The predicted octanol–water partition coefficient (Wildman–Crippen LogP) is 2.23. The third-order valence-electron chi connectivity index (χ3n) is 5.85. The van der Waals surface area contributed by atoms with Crippen molar-refractivity contribution in [3.8, 4) is 17.5 Å². The molecule has 1 aromatic carbocycles. The third-order valence-corrected chi connectivity index (χ3v) is 5.85. The number of imidazole rings is 1. The molecule has 146 valence electrons. The molecule has 6 nitrogen and oxygen atoms in total. The number of carbonyl (C=O) groups is 1. The zero-order valence-electron chi connectivity index (χ0n) is 16.1. The lowest BCUT2D eigenvalue weighted by Gasteiger charge is -2.23. The molecule has 2 heterocycles. The first-order valence-electron chi connectivity index (χ1n) is 9.69. The molecule has 28 heavy (non-hydrogen) atoms. The van der Waals surface area contributed by atoms with Crippen LogP contribution in [-0.2, 0) is 18.3 Å². The van der Waals surface area contributed by atoms with E-state index in [1.165, 1.54) is 6.07 Å². The molecule has 1 amide bonds. The second-order valence-electron chi connectivity index (χ2n) is 7.93. The van der Waals surface area contributed by atoms with Crippen LogP contribution in [-0.4, -0.2) is 33.6 Å². The summed E-state index contributed by atoms with van der Waals surface area (Å²) in [5, 5.41) is 15.6. The average Bonchev–Trinajstić information content (AvgIpc) is 3.38. The second-order valence-corrected chi connectivity index (χ2v) is 7.93. The lowest BCUT2D eigenvalue weighted by Crippen LogP contribution is -2.50. The summed E-state index contributed by atoms with van der Waals surface area (Å²) >= 11 is 0. The van der Waals surface area contributed by atoms with Gasteiger partial charge < -0.3 is 15.2 Å². The van der Waals surface area contributed by atoms with Crippen molar-refractivity contribution in [2.45, 2.75) is 50.7 Å². The molecule has 2 N–H and O–H groups in total. The number of nitrogens with one attached hydrogen (secondary N) is 2. The molecule has 2 aromatic rings. The molecule has 0 spiro atoms. The SMILES string of the molecule is Cc1cn(C)c(-c2ccc(C[C@@H](C#N)NC(=O)[C@H]3N[C@@H]4CC[C@H]3C4)c(F)c2)n1. The van der Waals surface area contributed by atoms with Crippen molar-refractivity contribution in [3.63, 3.8) is 0 Å². The fourth-order valence-corrected chi connectivity index (χ4v) is 4.50. The number of fused-ring (bicyclic) bond motifs is 2. The summed E-state index contributed by atoms with van der Waals surface area (Å²) in [4.78, 5) is 16.9. The van der Waals surface area contributed by atoms with Crippen LogP contribution in [0.5, 0.6) is 0 Å². The van der Waals surface area contributed by atoms with Crippen LogP contribution in [0.1, 0.15) is 30.5 Å². The Kier molecular flexibility index (Phi) is 4.90. The van der Waals surface area contributed by atoms with E-state index in [1.54, 1.807) is 12.1 Å². The van der Waals surface area contributed by atoms with Gasteiger partial charge >= 0.3 is 0 Å². The Morgan fingerprint density at radius 2 is 2.32 bits per heavy atom. The van der Waals surface area contributed by atoms with Crippen molar-refractivity contribution < 1.29 is 9.18 Å². The Labute approximate surface area is 163 Å². The highest BCUT2D eigenvalue weighted by Gasteiger charge is 2.43. The van der Waals surface area contributed by atoms with E-state index in [0.717, 1.165) is 25.0 Å². The minimum absolute atomic E-state index is 0.134. The van der Waals surface area contributed by atoms with Crippen LogP contribution < -0.4 is 10.6 Å². The molecule has 0 unspecified atom stereocenters. The molecule has 1 saturated carbocycles. The van der Waals surface area contributed by atoms with E-state index in [2.05, 4.69) is 21.7 Å². The number of nitriles is 1. The van der Waals surface area contributed by atoms with Crippen molar-refractivity contribution in [2.75, 3.05) is 0 Å². The number of carbonyl (C=O) groups excluding carboxylic acids is 1. The van der Waals surface area contributed by atoms with Gasteiger partial charge in [0, 0.05) is 31.3 Å². The van der Waals surface area contributed by atoms with Gasteiger partial charge in [0.25, 0.3) is 0 Å². The minimum atomic E-state index is -0.760. The highest BCUT2D eigenvalue weighted by molar-refractivity contribution is 5.83. The van der Waals surface area contributed by atoms with E-state index in [1.807, 2.05) is 24.7 Å². The molecule has 1 aromatic heterocycles. The van der Waals surface area contributed by atoms with Gasteiger partial charge in [0.1, 0.15) is 17.7 Å². The van der Waals surface area contributed by atoms with Crippen molar-refractivity contribution in [3.05, 3.63) is 41.5 Å². The number of hydrogen-bond donors (Lipinski definition) is 2. The topological polar surface area (TPSA) is 82.7 Å². The van der Waals surface area contributed by atoms with E-state index in [-0.39, 0.29) is 18.4 Å². The summed E-state index contributed by atoms with van der Waals surface area (Å²) in [6.45, 7) is 1.89. The van der Waals surface area contributed by atoms with Crippen LogP contribution in [0.4, 0.5) is 4.39 Å². The standard InChI is InChI=1S/C21H24FN5O/c1-12-11-27(2)20(24-12)15-4-3-13(18(22)9-15)7-17(10-23)26-21(28)19-14-5-6-16(8-14)25-19/h3-4,9,11,14,16-17,19,25H,5-8H2,1-2H3,(H,26,28)/t14-,16+,17-,19-/m0/s1. The molecule has 1 aliphatic heterocycles. The summed E-state index contributed by atoms with van der Waals surface area (Å²) in [5.74, 6) is 0.488. The van der Waals surface area contributed by atoms with Gasteiger partial charge in [0.15, 0.2) is 0 Å². The van der Waals surface area contributed by atoms with Crippen molar-refractivity contribution in [2.24, 2.45) is 13.0 Å². The molecule has 4 rings (SSSR count). The highest BCUT2D eigenvalue weighted by Crippen LogP contribution is 2.35. The largest absolute Gasteiger partial charge is 0.339 e. The van der Waals surface area contributed by atoms with Gasteiger partial charge in [-0.3, -0.25) is 4.79 Å². The minimum Gasteiger partial charge on any atom is -0.339 e. The molecular formula is C21H24FN5O.